The molecule has 0 radical (unpaired) electrons. The van der Waals surface area contributed by atoms with Gasteiger partial charge in [0.15, 0.2) is 5.82 Å². The average molecular weight is 663 g/mol. The normalized spacial score (nSPS) is 15.0. The van der Waals surface area contributed by atoms with Crippen LogP contribution in [0.3, 0.4) is 0 Å². The van der Waals surface area contributed by atoms with Crippen LogP contribution >= 0.6 is 0 Å². The molecular weight excluding hydrogens is 633 g/mol. The largest absolute Gasteiger partial charge is 0.459 e. The first-order valence-electron chi connectivity index (χ1n) is 17.7. The maximum atomic E-state index is 6.90. The minimum absolute atomic E-state index is 0.554. The van der Waals surface area contributed by atoms with Gasteiger partial charge >= 0.3 is 0 Å². The molecule has 9 aromatic rings. The van der Waals surface area contributed by atoms with Gasteiger partial charge in [0.1, 0.15) is 16.8 Å². The third-order valence-corrected chi connectivity index (χ3v) is 10.9. The van der Waals surface area contributed by atoms with Crippen molar-refractivity contribution in [2.24, 2.45) is 0 Å². The zero-order valence-corrected chi connectivity index (χ0v) is 28.1. The fraction of sp³-hybridized carbons (Fsp3) is 0.0204. The number of para-hydroxylation sites is 1. The van der Waals surface area contributed by atoms with Gasteiger partial charge in [-0.1, -0.05) is 164 Å². The van der Waals surface area contributed by atoms with Crippen molar-refractivity contribution in [3.8, 4) is 67.3 Å². The number of hydrogen-bond acceptors (Lipinski definition) is 3. The van der Waals surface area contributed by atoms with Crippen LogP contribution in [0.25, 0.3) is 78.3 Å². The summed E-state index contributed by atoms with van der Waals surface area (Å²) in [6.45, 7) is 0. The Hall–Kier alpha value is -6.84. The molecule has 1 spiro atoms. The van der Waals surface area contributed by atoms with E-state index in [9.17, 15) is 0 Å². The smallest absolute Gasteiger partial charge is 0.160 e. The predicted molar refractivity (Wildman–Crippen MR) is 210 cm³/mol. The van der Waals surface area contributed by atoms with E-state index < -0.39 is 5.41 Å². The predicted octanol–water partition coefficient (Wildman–Crippen LogP) is 12.2. The highest BCUT2D eigenvalue weighted by molar-refractivity contribution is 6.04. The zero-order chi connectivity index (χ0) is 34.2. The van der Waals surface area contributed by atoms with Crippen LogP contribution in [0.5, 0.6) is 0 Å². The van der Waals surface area contributed by atoms with Crippen LogP contribution < -0.4 is 0 Å². The summed E-state index contributed by atoms with van der Waals surface area (Å²) < 4.78 is 6.90. The average Bonchev–Trinajstić information content (AvgIpc) is 3.85. The fourth-order valence-corrected chi connectivity index (χ4v) is 8.63. The minimum atomic E-state index is -0.554. The van der Waals surface area contributed by atoms with Gasteiger partial charge in [-0.3, -0.25) is 0 Å². The number of aromatic nitrogens is 2. The lowest BCUT2D eigenvalue weighted by atomic mass is 9.73. The maximum absolute atomic E-state index is 6.90. The van der Waals surface area contributed by atoms with Gasteiger partial charge in [-0.2, -0.15) is 0 Å². The minimum Gasteiger partial charge on any atom is -0.459 e. The molecule has 1 unspecified atom stereocenters. The first-order chi connectivity index (χ1) is 25.8. The molecule has 0 N–H and O–H groups in total. The lowest BCUT2D eigenvalue weighted by molar-refractivity contribution is 0.507. The molecule has 11 rings (SSSR count). The third-order valence-electron chi connectivity index (χ3n) is 10.9. The van der Waals surface area contributed by atoms with Crippen molar-refractivity contribution in [3.63, 3.8) is 0 Å². The van der Waals surface area contributed by atoms with Crippen LogP contribution in [0.4, 0.5) is 0 Å². The Morgan fingerprint density at radius 2 is 0.923 bits per heavy atom. The van der Waals surface area contributed by atoms with Gasteiger partial charge in [-0.15, -0.1) is 0 Å². The van der Waals surface area contributed by atoms with Gasteiger partial charge in [0, 0.05) is 27.6 Å². The Morgan fingerprint density at radius 3 is 1.69 bits per heavy atom. The number of rotatable bonds is 4. The van der Waals surface area contributed by atoms with Crippen molar-refractivity contribution in [2.75, 3.05) is 0 Å². The van der Waals surface area contributed by atoms with Crippen LogP contribution in [-0.4, -0.2) is 9.97 Å². The molecule has 1 atom stereocenters. The summed E-state index contributed by atoms with van der Waals surface area (Å²) in [6, 6.07) is 64.5. The molecule has 0 aliphatic heterocycles. The van der Waals surface area contributed by atoms with E-state index in [0.717, 1.165) is 50.4 Å². The molecule has 0 bridgehead atoms. The van der Waals surface area contributed by atoms with E-state index in [1.165, 1.54) is 44.5 Å². The zero-order valence-electron chi connectivity index (χ0n) is 28.1. The van der Waals surface area contributed by atoms with E-state index in [0.29, 0.717) is 5.82 Å². The summed E-state index contributed by atoms with van der Waals surface area (Å²) in [6.07, 6.45) is 0. The lowest BCUT2D eigenvalue weighted by Gasteiger charge is -2.28. The van der Waals surface area contributed by atoms with Crippen molar-refractivity contribution in [1.82, 2.24) is 9.97 Å². The summed E-state index contributed by atoms with van der Waals surface area (Å²) in [5, 5.41) is 1.16. The van der Waals surface area contributed by atoms with Gasteiger partial charge in [0.2, 0.25) is 0 Å². The number of benzene rings is 7. The van der Waals surface area contributed by atoms with Crippen molar-refractivity contribution < 1.29 is 4.42 Å². The molecule has 0 saturated heterocycles. The summed E-state index contributed by atoms with van der Waals surface area (Å²) in [5.74, 6) is 1.70. The molecule has 242 valence electrons. The van der Waals surface area contributed by atoms with Crippen molar-refractivity contribution in [1.29, 1.82) is 0 Å². The quantitative estimate of drug-likeness (QED) is 0.188. The molecule has 52 heavy (non-hydrogen) atoms. The second-order valence-corrected chi connectivity index (χ2v) is 13.7. The van der Waals surface area contributed by atoms with E-state index in [1.54, 1.807) is 0 Å². The van der Waals surface area contributed by atoms with Crippen LogP contribution in [0.1, 0.15) is 22.5 Å². The monoisotopic (exact) mass is 662 g/mol. The molecule has 3 heteroatoms. The summed E-state index contributed by atoms with van der Waals surface area (Å²) in [7, 11) is 0. The Kier molecular flexibility index (Phi) is 6.17. The second kappa shape index (κ2) is 11.1. The van der Waals surface area contributed by atoms with Crippen molar-refractivity contribution in [3.05, 3.63) is 204 Å². The van der Waals surface area contributed by atoms with Crippen molar-refractivity contribution >= 4 is 11.0 Å². The second-order valence-electron chi connectivity index (χ2n) is 13.7. The van der Waals surface area contributed by atoms with Crippen LogP contribution in [0.2, 0.25) is 0 Å². The standard InChI is InChI=1S/C49H30N2O/c1-3-13-31(14-4-1)32-23-25-34(26-24-32)48-50-43(33-15-5-2-6-16-33)30-44(51-48)35-27-28-42-39(29-35)36-17-7-10-20-40(36)49(42)41-21-11-8-18-37(41)46-38-19-9-12-22-45(38)52-47(46)49/h1-30H. The molecule has 2 aliphatic carbocycles. The SMILES string of the molecule is c1ccc(-c2ccc(-c3nc(-c4ccccc4)cc(-c4ccc5c(c4)-c4ccccc4C54c5ccccc5-c5c4oc4ccccc54)n3)cc2)cc1. The van der Waals surface area contributed by atoms with Gasteiger partial charge < -0.3 is 4.42 Å². The van der Waals surface area contributed by atoms with Crippen LogP contribution in [0, 0.1) is 0 Å². The molecule has 7 aromatic carbocycles. The summed E-state index contributed by atoms with van der Waals surface area (Å²) in [5.41, 5.74) is 16.2. The number of hydrogen-bond donors (Lipinski definition) is 0. The first-order valence-corrected chi connectivity index (χ1v) is 17.7. The van der Waals surface area contributed by atoms with E-state index in [1.807, 2.05) is 12.1 Å². The highest BCUT2D eigenvalue weighted by atomic mass is 16.3. The van der Waals surface area contributed by atoms with Crippen LogP contribution in [-0.2, 0) is 5.41 Å². The highest BCUT2D eigenvalue weighted by Gasteiger charge is 2.54. The van der Waals surface area contributed by atoms with Gasteiger partial charge in [0.05, 0.1) is 11.4 Å². The first kappa shape index (κ1) is 28.9. The van der Waals surface area contributed by atoms with Crippen molar-refractivity contribution in [2.45, 2.75) is 5.41 Å². The Bertz CT molecular complexity index is 2840. The molecule has 2 aromatic heterocycles. The van der Waals surface area contributed by atoms with E-state index in [-0.39, 0.29) is 0 Å². The molecule has 0 fully saturated rings. The molecular formula is C49H30N2O. The molecule has 2 aliphatic rings. The van der Waals surface area contributed by atoms with Gasteiger partial charge in [0.25, 0.3) is 0 Å². The molecule has 3 nitrogen and oxygen atoms in total. The topological polar surface area (TPSA) is 38.9 Å². The fourth-order valence-electron chi connectivity index (χ4n) is 8.63. The number of fused-ring (bicyclic) bond motifs is 12. The third kappa shape index (κ3) is 4.08. The Balaban J connectivity index is 1.11. The molecule has 0 amide bonds. The van der Waals surface area contributed by atoms with E-state index >= 15 is 0 Å². The Morgan fingerprint density at radius 1 is 0.385 bits per heavy atom. The molecule has 0 saturated carbocycles. The molecule has 2 heterocycles. The van der Waals surface area contributed by atoms with E-state index in [4.69, 9.17) is 14.4 Å². The number of furan rings is 1. The summed E-state index contributed by atoms with van der Waals surface area (Å²) >= 11 is 0. The highest BCUT2D eigenvalue weighted by Crippen LogP contribution is 2.64. The Labute approximate surface area is 301 Å². The van der Waals surface area contributed by atoms with E-state index in [2.05, 4.69) is 170 Å². The van der Waals surface area contributed by atoms with Gasteiger partial charge in [-0.25, -0.2) is 9.97 Å². The number of nitrogens with zero attached hydrogens (tertiary/aromatic N) is 2. The van der Waals surface area contributed by atoms with Gasteiger partial charge in [-0.05, 0) is 62.7 Å². The lowest BCUT2D eigenvalue weighted by Crippen LogP contribution is -2.25. The summed E-state index contributed by atoms with van der Waals surface area (Å²) in [4.78, 5) is 10.4. The maximum Gasteiger partial charge on any atom is 0.160 e. The van der Waals surface area contributed by atoms with Crippen LogP contribution in [0.15, 0.2) is 186 Å².